The zero-order valence-corrected chi connectivity index (χ0v) is 8.32. The van der Waals surface area contributed by atoms with Gasteiger partial charge in [0.25, 0.3) is 0 Å². The maximum Gasteiger partial charge on any atom is 0.155 e. The lowest BCUT2D eigenvalue weighted by atomic mass is 10.1. The van der Waals surface area contributed by atoms with Gasteiger partial charge in [-0.05, 0) is 32.6 Å². The Morgan fingerprint density at radius 3 is 2.93 bits per heavy atom. The molecule has 1 aromatic heterocycles. The van der Waals surface area contributed by atoms with Crippen LogP contribution < -0.4 is 5.73 Å². The molecule has 3 N–H and O–H groups in total. The molecule has 1 saturated carbocycles. The second-order valence-corrected chi connectivity index (χ2v) is 4.11. The van der Waals surface area contributed by atoms with Gasteiger partial charge in [0.05, 0.1) is 11.9 Å². The van der Waals surface area contributed by atoms with E-state index in [2.05, 4.69) is 9.97 Å². The van der Waals surface area contributed by atoms with Crippen molar-refractivity contribution in [1.29, 1.82) is 0 Å². The van der Waals surface area contributed by atoms with Gasteiger partial charge in [0, 0.05) is 5.54 Å². The molecule has 0 radical (unpaired) electrons. The molecule has 0 amide bonds. The maximum atomic E-state index is 9.49. The van der Waals surface area contributed by atoms with Gasteiger partial charge in [-0.2, -0.15) is 0 Å². The minimum absolute atomic E-state index is 0.0191. The molecule has 1 aromatic rings. The summed E-state index contributed by atoms with van der Waals surface area (Å²) in [5.74, 6) is 0.875. The van der Waals surface area contributed by atoms with E-state index < -0.39 is 0 Å². The molecule has 4 nitrogen and oxygen atoms in total. The Labute approximate surface area is 83.2 Å². The summed E-state index contributed by atoms with van der Waals surface area (Å²) in [4.78, 5) is 8.09. The van der Waals surface area contributed by atoms with Crippen LogP contribution in [0.5, 0.6) is 5.75 Å². The van der Waals surface area contributed by atoms with Gasteiger partial charge in [0.15, 0.2) is 5.75 Å². The predicted molar refractivity (Wildman–Crippen MR) is 52.9 cm³/mol. The minimum atomic E-state index is 0.0191. The lowest BCUT2D eigenvalue weighted by Gasteiger charge is -2.08. The molecule has 4 heteroatoms. The van der Waals surface area contributed by atoms with Crippen LogP contribution in [0.3, 0.4) is 0 Å². The second kappa shape index (κ2) is 3.20. The third-order valence-electron chi connectivity index (χ3n) is 2.72. The van der Waals surface area contributed by atoms with Gasteiger partial charge in [-0.1, -0.05) is 0 Å². The average Bonchev–Trinajstić information content (AvgIpc) is 2.87. The Hall–Kier alpha value is -1.16. The van der Waals surface area contributed by atoms with Gasteiger partial charge in [-0.3, -0.25) is 0 Å². The smallest absolute Gasteiger partial charge is 0.155 e. The molecule has 0 atom stereocenters. The monoisotopic (exact) mass is 193 g/mol. The topological polar surface area (TPSA) is 72.0 Å². The molecule has 1 heterocycles. The van der Waals surface area contributed by atoms with E-state index in [1.54, 1.807) is 0 Å². The molecular formula is C10H15N3O. The Balaban J connectivity index is 2.04. The third-order valence-corrected chi connectivity index (χ3v) is 2.72. The number of nitrogens with zero attached hydrogens (tertiary/aromatic N) is 2. The second-order valence-electron chi connectivity index (χ2n) is 4.11. The maximum absolute atomic E-state index is 9.49. The lowest BCUT2D eigenvalue weighted by molar-refractivity contribution is 0.455. The third kappa shape index (κ3) is 2.01. The number of rotatable bonds is 3. The highest BCUT2D eigenvalue weighted by molar-refractivity contribution is 5.23. The standard InChI is InChI=1S/C10H15N3O/c1-7-12-6-9(14)8(13-7)2-3-10(11)4-5-10/h6,14H,2-5,11H2,1H3. The van der Waals surface area contributed by atoms with Crippen molar-refractivity contribution in [1.82, 2.24) is 9.97 Å². The molecule has 76 valence electrons. The van der Waals surface area contributed by atoms with Crippen LogP contribution >= 0.6 is 0 Å². The summed E-state index contributed by atoms with van der Waals surface area (Å²) in [7, 11) is 0. The SMILES string of the molecule is Cc1ncc(O)c(CCC2(N)CC2)n1. The summed E-state index contributed by atoms with van der Waals surface area (Å²) < 4.78 is 0. The highest BCUT2D eigenvalue weighted by Crippen LogP contribution is 2.36. The normalized spacial score (nSPS) is 18.1. The van der Waals surface area contributed by atoms with Crippen LogP contribution in [0.1, 0.15) is 30.8 Å². The van der Waals surface area contributed by atoms with Crippen molar-refractivity contribution < 1.29 is 5.11 Å². The summed E-state index contributed by atoms with van der Waals surface area (Å²) in [6.07, 6.45) is 5.28. The van der Waals surface area contributed by atoms with Crippen molar-refractivity contribution in [3.8, 4) is 5.75 Å². The van der Waals surface area contributed by atoms with Crippen LogP contribution in [0.15, 0.2) is 6.20 Å². The van der Waals surface area contributed by atoms with Crippen molar-refractivity contribution in [2.45, 2.75) is 38.1 Å². The predicted octanol–water partition coefficient (Wildman–Crippen LogP) is 0.915. The van der Waals surface area contributed by atoms with E-state index in [-0.39, 0.29) is 11.3 Å². The van der Waals surface area contributed by atoms with Crippen molar-refractivity contribution in [2.75, 3.05) is 0 Å². The fraction of sp³-hybridized carbons (Fsp3) is 0.600. The molecule has 2 rings (SSSR count). The van der Waals surface area contributed by atoms with Crippen molar-refractivity contribution >= 4 is 0 Å². The van der Waals surface area contributed by atoms with Crippen molar-refractivity contribution in [3.05, 3.63) is 17.7 Å². The first-order valence-corrected chi connectivity index (χ1v) is 4.89. The molecule has 14 heavy (non-hydrogen) atoms. The Bertz CT molecular complexity index is 347. The van der Waals surface area contributed by atoms with E-state index in [0.717, 1.165) is 25.7 Å². The van der Waals surface area contributed by atoms with E-state index in [1.807, 2.05) is 6.92 Å². The van der Waals surface area contributed by atoms with Gasteiger partial charge < -0.3 is 10.8 Å². The van der Waals surface area contributed by atoms with Crippen molar-refractivity contribution in [3.63, 3.8) is 0 Å². The summed E-state index contributed by atoms with van der Waals surface area (Å²) in [5, 5.41) is 9.49. The summed E-state index contributed by atoms with van der Waals surface area (Å²) in [5.41, 5.74) is 6.69. The minimum Gasteiger partial charge on any atom is -0.504 e. The number of nitrogens with two attached hydrogens (primary N) is 1. The quantitative estimate of drug-likeness (QED) is 0.748. The molecule has 1 aliphatic carbocycles. The molecule has 0 aromatic carbocycles. The van der Waals surface area contributed by atoms with E-state index in [0.29, 0.717) is 11.5 Å². The Kier molecular flexibility index (Phi) is 2.15. The number of hydrogen-bond donors (Lipinski definition) is 2. The Morgan fingerprint density at radius 2 is 2.29 bits per heavy atom. The van der Waals surface area contributed by atoms with Crippen LogP contribution in [-0.4, -0.2) is 20.6 Å². The van der Waals surface area contributed by atoms with Crippen molar-refractivity contribution in [2.24, 2.45) is 5.73 Å². The van der Waals surface area contributed by atoms with Crippen LogP contribution in [-0.2, 0) is 6.42 Å². The fourth-order valence-corrected chi connectivity index (χ4v) is 1.47. The average molecular weight is 193 g/mol. The first-order chi connectivity index (χ1) is 6.59. The number of aromatic nitrogens is 2. The zero-order valence-electron chi connectivity index (χ0n) is 8.32. The molecule has 0 aliphatic heterocycles. The van der Waals surface area contributed by atoms with E-state index in [9.17, 15) is 5.11 Å². The first kappa shape index (κ1) is 9.40. The van der Waals surface area contributed by atoms with Gasteiger partial charge in [0.1, 0.15) is 5.82 Å². The number of aryl methyl sites for hydroxylation is 2. The van der Waals surface area contributed by atoms with Crippen LogP contribution in [0.25, 0.3) is 0 Å². The van der Waals surface area contributed by atoms with Gasteiger partial charge in [-0.15, -0.1) is 0 Å². The molecule has 1 aliphatic rings. The highest BCUT2D eigenvalue weighted by Gasteiger charge is 2.37. The Morgan fingerprint density at radius 1 is 1.57 bits per heavy atom. The van der Waals surface area contributed by atoms with E-state index in [1.165, 1.54) is 6.20 Å². The van der Waals surface area contributed by atoms with Gasteiger partial charge in [-0.25, -0.2) is 9.97 Å². The molecule has 0 bridgehead atoms. The molecule has 1 fully saturated rings. The zero-order chi connectivity index (χ0) is 10.2. The summed E-state index contributed by atoms with van der Waals surface area (Å²) in [6, 6.07) is 0. The summed E-state index contributed by atoms with van der Waals surface area (Å²) in [6.45, 7) is 1.82. The van der Waals surface area contributed by atoms with Gasteiger partial charge in [0.2, 0.25) is 0 Å². The first-order valence-electron chi connectivity index (χ1n) is 4.89. The fourth-order valence-electron chi connectivity index (χ4n) is 1.47. The molecular weight excluding hydrogens is 178 g/mol. The van der Waals surface area contributed by atoms with Crippen LogP contribution in [0.2, 0.25) is 0 Å². The lowest BCUT2D eigenvalue weighted by Crippen LogP contribution is -2.22. The molecule has 0 saturated heterocycles. The summed E-state index contributed by atoms with van der Waals surface area (Å²) >= 11 is 0. The van der Waals surface area contributed by atoms with Gasteiger partial charge >= 0.3 is 0 Å². The number of hydrogen-bond acceptors (Lipinski definition) is 4. The highest BCUT2D eigenvalue weighted by atomic mass is 16.3. The largest absolute Gasteiger partial charge is 0.504 e. The van der Waals surface area contributed by atoms with Crippen LogP contribution in [0, 0.1) is 6.92 Å². The van der Waals surface area contributed by atoms with Crippen LogP contribution in [0.4, 0.5) is 0 Å². The van der Waals surface area contributed by atoms with E-state index >= 15 is 0 Å². The van der Waals surface area contributed by atoms with E-state index in [4.69, 9.17) is 5.73 Å². The molecule has 0 unspecified atom stereocenters. The molecule has 0 spiro atoms. The number of aromatic hydroxyl groups is 1.